The summed E-state index contributed by atoms with van der Waals surface area (Å²) in [5.41, 5.74) is 8.55. The van der Waals surface area contributed by atoms with Gasteiger partial charge in [-0.25, -0.2) is 0 Å². The summed E-state index contributed by atoms with van der Waals surface area (Å²) in [5.74, 6) is 0. The summed E-state index contributed by atoms with van der Waals surface area (Å²) in [7, 11) is 0. The Bertz CT molecular complexity index is 2110. The molecule has 0 amide bonds. The lowest BCUT2D eigenvalue weighted by Crippen LogP contribution is -1.93. The highest BCUT2D eigenvalue weighted by Crippen LogP contribution is 2.39. The first-order valence-electron chi connectivity index (χ1n) is 13.0. The Morgan fingerprint density at radius 2 is 1.05 bits per heavy atom. The minimum atomic E-state index is 1.18. The SMILES string of the molecule is c1ccc(-n2ccc3cc(-c4ccc5c(c4)c4ccccc4n5-c4ccccc4)c4ccccc4c32)cc1. The lowest BCUT2D eigenvalue weighted by Gasteiger charge is -2.13. The molecular formula is C36H24N2. The van der Waals surface area contributed by atoms with Crippen molar-refractivity contribution in [2.45, 2.75) is 0 Å². The Balaban J connectivity index is 1.41. The molecule has 0 atom stereocenters. The predicted molar refractivity (Wildman–Crippen MR) is 161 cm³/mol. The molecule has 2 heteroatoms. The Morgan fingerprint density at radius 3 is 1.84 bits per heavy atom. The van der Waals surface area contributed by atoms with Crippen molar-refractivity contribution < 1.29 is 0 Å². The minimum Gasteiger partial charge on any atom is -0.316 e. The maximum absolute atomic E-state index is 2.37. The van der Waals surface area contributed by atoms with E-state index in [0.29, 0.717) is 0 Å². The van der Waals surface area contributed by atoms with Crippen molar-refractivity contribution in [1.82, 2.24) is 9.13 Å². The lowest BCUT2D eigenvalue weighted by atomic mass is 9.95. The zero-order valence-corrected chi connectivity index (χ0v) is 20.8. The number of benzene rings is 6. The van der Waals surface area contributed by atoms with Crippen LogP contribution in [0.5, 0.6) is 0 Å². The molecule has 0 radical (unpaired) electrons. The first-order chi connectivity index (χ1) is 18.9. The van der Waals surface area contributed by atoms with Gasteiger partial charge in [0.2, 0.25) is 0 Å². The summed E-state index contributed by atoms with van der Waals surface area (Å²) >= 11 is 0. The van der Waals surface area contributed by atoms with Crippen molar-refractivity contribution in [3.8, 4) is 22.5 Å². The third-order valence-corrected chi connectivity index (χ3v) is 7.72. The van der Waals surface area contributed by atoms with E-state index in [4.69, 9.17) is 0 Å². The molecule has 0 N–H and O–H groups in total. The second kappa shape index (κ2) is 8.22. The quantitative estimate of drug-likeness (QED) is 0.236. The first-order valence-corrected chi connectivity index (χ1v) is 13.0. The zero-order valence-electron chi connectivity index (χ0n) is 20.8. The number of hydrogen-bond acceptors (Lipinski definition) is 0. The van der Waals surface area contributed by atoms with Crippen LogP contribution in [0.25, 0.3) is 66.0 Å². The van der Waals surface area contributed by atoms with Crippen molar-refractivity contribution in [1.29, 1.82) is 0 Å². The van der Waals surface area contributed by atoms with Gasteiger partial charge in [0.25, 0.3) is 0 Å². The van der Waals surface area contributed by atoms with Crippen LogP contribution in [0.15, 0.2) is 146 Å². The van der Waals surface area contributed by atoms with Crippen LogP contribution in [-0.4, -0.2) is 9.13 Å². The molecule has 6 aromatic carbocycles. The topological polar surface area (TPSA) is 9.86 Å². The lowest BCUT2D eigenvalue weighted by molar-refractivity contribution is 1.13. The molecule has 0 aliphatic rings. The molecule has 178 valence electrons. The van der Waals surface area contributed by atoms with Crippen molar-refractivity contribution in [3.05, 3.63) is 146 Å². The molecular weight excluding hydrogens is 460 g/mol. The number of rotatable bonds is 3. The van der Waals surface area contributed by atoms with Crippen LogP contribution in [0, 0.1) is 0 Å². The fourth-order valence-corrected chi connectivity index (χ4v) is 6.05. The van der Waals surface area contributed by atoms with Crippen LogP contribution in [0.3, 0.4) is 0 Å². The van der Waals surface area contributed by atoms with E-state index in [-0.39, 0.29) is 0 Å². The summed E-state index contributed by atoms with van der Waals surface area (Å²) < 4.78 is 4.67. The van der Waals surface area contributed by atoms with Crippen LogP contribution >= 0.6 is 0 Å². The molecule has 0 aliphatic carbocycles. The number of nitrogens with zero attached hydrogens (tertiary/aromatic N) is 2. The van der Waals surface area contributed by atoms with Gasteiger partial charge >= 0.3 is 0 Å². The van der Waals surface area contributed by atoms with E-state index in [1.54, 1.807) is 0 Å². The van der Waals surface area contributed by atoms with Crippen molar-refractivity contribution in [2.24, 2.45) is 0 Å². The smallest absolute Gasteiger partial charge is 0.0607 e. The number of fused-ring (bicyclic) bond motifs is 6. The second-order valence-electron chi connectivity index (χ2n) is 9.85. The van der Waals surface area contributed by atoms with Crippen LogP contribution < -0.4 is 0 Å². The fourth-order valence-electron chi connectivity index (χ4n) is 6.05. The third-order valence-electron chi connectivity index (χ3n) is 7.72. The summed E-state index contributed by atoms with van der Waals surface area (Å²) in [6.07, 6.45) is 2.19. The maximum atomic E-state index is 2.37. The molecule has 38 heavy (non-hydrogen) atoms. The molecule has 2 nitrogen and oxygen atoms in total. The van der Waals surface area contributed by atoms with E-state index in [1.807, 2.05) is 0 Å². The van der Waals surface area contributed by atoms with E-state index < -0.39 is 0 Å². The van der Waals surface area contributed by atoms with Gasteiger partial charge < -0.3 is 9.13 Å². The standard InChI is InChI=1S/C36H24N2/c1-3-11-27(12-4-1)37-22-21-26-24-32(29-15-7-8-17-31(29)36(26)37)25-19-20-35-33(23-25)30-16-9-10-18-34(30)38(35)28-13-5-2-6-14-28/h1-24H. The van der Waals surface area contributed by atoms with Gasteiger partial charge in [-0.3, -0.25) is 0 Å². The van der Waals surface area contributed by atoms with E-state index in [0.717, 1.165) is 0 Å². The maximum Gasteiger partial charge on any atom is 0.0607 e. The fraction of sp³-hybridized carbons (Fsp3) is 0. The molecule has 0 saturated carbocycles. The zero-order chi connectivity index (χ0) is 25.1. The molecule has 8 aromatic rings. The van der Waals surface area contributed by atoms with Gasteiger partial charge in [-0.1, -0.05) is 84.9 Å². The Kier molecular flexibility index (Phi) is 4.55. The van der Waals surface area contributed by atoms with E-state index in [2.05, 4.69) is 155 Å². The van der Waals surface area contributed by atoms with Crippen molar-refractivity contribution in [3.63, 3.8) is 0 Å². The van der Waals surface area contributed by atoms with Crippen molar-refractivity contribution in [2.75, 3.05) is 0 Å². The minimum absolute atomic E-state index is 1.18. The van der Waals surface area contributed by atoms with Gasteiger partial charge in [-0.15, -0.1) is 0 Å². The van der Waals surface area contributed by atoms with E-state index in [1.165, 1.54) is 66.0 Å². The average molecular weight is 485 g/mol. The monoisotopic (exact) mass is 484 g/mol. The van der Waals surface area contributed by atoms with Gasteiger partial charge in [0.15, 0.2) is 0 Å². The van der Waals surface area contributed by atoms with Gasteiger partial charge in [0.05, 0.1) is 16.6 Å². The van der Waals surface area contributed by atoms with Crippen LogP contribution in [-0.2, 0) is 0 Å². The van der Waals surface area contributed by atoms with Gasteiger partial charge in [-0.05, 0) is 71.1 Å². The van der Waals surface area contributed by atoms with Crippen LogP contribution in [0.2, 0.25) is 0 Å². The first kappa shape index (κ1) is 21.0. The van der Waals surface area contributed by atoms with Gasteiger partial charge in [0, 0.05) is 39.1 Å². The number of hydrogen-bond donors (Lipinski definition) is 0. The highest BCUT2D eigenvalue weighted by Gasteiger charge is 2.16. The van der Waals surface area contributed by atoms with Gasteiger partial charge in [-0.2, -0.15) is 0 Å². The van der Waals surface area contributed by atoms with E-state index >= 15 is 0 Å². The Morgan fingerprint density at radius 1 is 0.421 bits per heavy atom. The number of para-hydroxylation sites is 3. The van der Waals surface area contributed by atoms with Crippen LogP contribution in [0.1, 0.15) is 0 Å². The average Bonchev–Trinajstić information content (AvgIpc) is 3.57. The van der Waals surface area contributed by atoms with E-state index in [9.17, 15) is 0 Å². The molecule has 8 rings (SSSR count). The Hall–Kier alpha value is -5.08. The van der Waals surface area contributed by atoms with Crippen molar-refractivity contribution >= 4 is 43.5 Å². The normalized spacial score (nSPS) is 11.7. The molecule has 0 bridgehead atoms. The highest BCUT2D eigenvalue weighted by molar-refractivity contribution is 6.15. The number of aromatic nitrogens is 2. The molecule has 0 unspecified atom stereocenters. The van der Waals surface area contributed by atoms with Crippen LogP contribution in [0.4, 0.5) is 0 Å². The second-order valence-corrected chi connectivity index (χ2v) is 9.85. The molecule has 2 heterocycles. The Labute approximate surface area is 220 Å². The summed E-state index contributed by atoms with van der Waals surface area (Å²) in [6.45, 7) is 0. The summed E-state index contributed by atoms with van der Waals surface area (Å²) in [5, 5.41) is 6.32. The summed E-state index contributed by atoms with van der Waals surface area (Å²) in [6, 6.07) is 50.3. The molecule has 2 aromatic heterocycles. The van der Waals surface area contributed by atoms with Gasteiger partial charge in [0.1, 0.15) is 0 Å². The highest BCUT2D eigenvalue weighted by atomic mass is 15.0. The third kappa shape index (κ3) is 3.07. The largest absolute Gasteiger partial charge is 0.316 e. The predicted octanol–water partition coefficient (Wildman–Crippen LogP) is 9.55. The molecule has 0 fully saturated rings. The summed E-state index contributed by atoms with van der Waals surface area (Å²) in [4.78, 5) is 0. The molecule has 0 aliphatic heterocycles. The molecule has 0 saturated heterocycles. The molecule has 0 spiro atoms.